The first-order chi connectivity index (χ1) is 12.4. The van der Waals surface area contributed by atoms with Gasteiger partial charge < -0.3 is 5.11 Å². The average molecular weight is 407 g/mol. The van der Waals surface area contributed by atoms with Crippen molar-refractivity contribution in [1.29, 1.82) is 0 Å². The van der Waals surface area contributed by atoms with Crippen LogP contribution in [0.2, 0.25) is 10.0 Å². The molecule has 0 saturated carbocycles. The fourth-order valence-electron chi connectivity index (χ4n) is 2.00. The monoisotopic (exact) mass is 406 g/mol. The fourth-order valence-corrected chi connectivity index (χ4v) is 3.25. The molecule has 3 rings (SSSR count). The van der Waals surface area contributed by atoms with Crippen molar-refractivity contribution in [2.75, 3.05) is 0 Å². The molecule has 1 heterocycles. The highest BCUT2D eigenvalue weighted by atomic mass is 35.5. The molecule has 1 N–H and O–H groups in total. The third-order valence-corrected chi connectivity index (χ3v) is 4.78. The highest BCUT2D eigenvalue weighted by molar-refractivity contribution is 7.11. The maximum absolute atomic E-state index is 11.7. The van der Waals surface area contributed by atoms with Gasteiger partial charge in [-0.15, -0.1) is 5.10 Å². The zero-order valence-electron chi connectivity index (χ0n) is 13.4. The summed E-state index contributed by atoms with van der Waals surface area (Å²) in [5.41, 5.74) is 1.30. The second-order valence-electron chi connectivity index (χ2n) is 5.19. The molecular formula is C17H12Cl2N4O2S. The standard InChI is InChI=1S/C17H12Cl2N4O2S/c1-10(24)16-22-23(15-7-4-12(18)8-14(15)19)17(26-16)21-20-9-11-2-5-13(25)6-3-11/h2-9,25H,1H3. The number of carbonyl (C=O) groups is 1. The minimum atomic E-state index is -0.183. The van der Waals surface area contributed by atoms with E-state index >= 15 is 0 Å². The highest BCUT2D eigenvalue weighted by Gasteiger charge is 2.13. The van der Waals surface area contributed by atoms with Crippen LogP contribution in [0, 0.1) is 0 Å². The van der Waals surface area contributed by atoms with E-state index in [1.807, 2.05) is 0 Å². The molecule has 2 aromatic carbocycles. The van der Waals surface area contributed by atoms with Crippen molar-refractivity contribution < 1.29 is 9.90 Å². The molecule has 0 unspecified atom stereocenters. The van der Waals surface area contributed by atoms with Gasteiger partial charge in [0.15, 0.2) is 10.8 Å². The Bertz CT molecular complexity index is 1060. The van der Waals surface area contributed by atoms with E-state index in [0.717, 1.165) is 16.9 Å². The van der Waals surface area contributed by atoms with Crippen molar-refractivity contribution in [3.63, 3.8) is 0 Å². The summed E-state index contributed by atoms with van der Waals surface area (Å²) in [6.07, 6.45) is 1.53. The molecular weight excluding hydrogens is 395 g/mol. The number of aromatic nitrogens is 2. The van der Waals surface area contributed by atoms with Crippen LogP contribution in [0.4, 0.5) is 0 Å². The second kappa shape index (κ2) is 7.82. The van der Waals surface area contributed by atoms with Crippen LogP contribution >= 0.6 is 34.5 Å². The third kappa shape index (κ3) is 4.19. The summed E-state index contributed by atoms with van der Waals surface area (Å²) in [5, 5.41) is 22.9. The zero-order valence-corrected chi connectivity index (χ0v) is 15.8. The lowest BCUT2D eigenvalue weighted by molar-refractivity contribution is 0.101. The largest absolute Gasteiger partial charge is 0.508 e. The molecule has 0 aliphatic carbocycles. The van der Waals surface area contributed by atoms with Crippen LogP contribution < -0.4 is 4.80 Å². The quantitative estimate of drug-likeness (QED) is 0.402. The number of rotatable bonds is 4. The number of ketones is 1. The molecule has 0 bridgehead atoms. The molecule has 0 atom stereocenters. The van der Waals surface area contributed by atoms with E-state index < -0.39 is 0 Å². The molecule has 6 nitrogen and oxygen atoms in total. The SMILES string of the molecule is CC(=O)c1nn(-c2ccc(Cl)cc2Cl)c(=NN=Cc2ccc(O)cc2)s1. The fraction of sp³-hybridized carbons (Fsp3) is 0.0588. The lowest BCUT2D eigenvalue weighted by Crippen LogP contribution is -2.14. The van der Waals surface area contributed by atoms with E-state index in [1.165, 1.54) is 17.8 Å². The molecule has 0 radical (unpaired) electrons. The Morgan fingerprint density at radius 2 is 1.96 bits per heavy atom. The molecule has 1 aromatic heterocycles. The lowest BCUT2D eigenvalue weighted by atomic mass is 10.2. The minimum absolute atomic E-state index is 0.169. The van der Waals surface area contributed by atoms with Crippen LogP contribution in [0.25, 0.3) is 5.69 Å². The van der Waals surface area contributed by atoms with Gasteiger partial charge in [0.1, 0.15) is 5.75 Å². The number of hydrogen-bond donors (Lipinski definition) is 1. The number of Topliss-reactive ketones (excluding diaryl/α,β-unsaturated/α-hetero) is 1. The number of phenolic OH excluding ortho intramolecular Hbond substituents is 1. The van der Waals surface area contributed by atoms with E-state index in [0.29, 0.717) is 20.5 Å². The van der Waals surface area contributed by atoms with Crippen molar-refractivity contribution in [2.45, 2.75) is 6.92 Å². The van der Waals surface area contributed by atoms with Crippen molar-refractivity contribution in [1.82, 2.24) is 9.78 Å². The van der Waals surface area contributed by atoms with Gasteiger partial charge in [-0.05, 0) is 48.0 Å². The minimum Gasteiger partial charge on any atom is -0.508 e. The summed E-state index contributed by atoms with van der Waals surface area (Å²) < 4.78 is 1.45. The summed E-state index contributed by atoms with van der Waals surface area (Å²) in [4.78, 5) is 12.1. The molecule has 0 fully saturated rings. The number of aromatic hydroxyl groups is 1. The molecule has 0 amide bonds. The van der Waals surface area contributed by atoms with Gasteiger partial charge in [-0.3, -0.25) is 4.79 Å². The maximum Gasteiger partial charge on any atom is 0.233 e. The summed E-state index contributed by atoms with van der Waals surface area (Å²) >= 11 is 13.3. The molecule has 3 aromatic rings. The van der Waals surface area contributed by atoms with Gasteiger partial charge in [-0.1, -0.05) is 34.5 Å². The van der Waals surface area contributed by atoms with Gasteiger partial charge >= 0.3 is 0 Å². The van der Waals surface area contributed by atoms with Gasteiger partial charge in [0.05, 0.1) is 16.9 Å². The van der Waals surface area contributed by atoms with Crippen molar-refractivity contribution >= 4 is 46.5 Å². The number of nitrogens with zero attached hydrogens (tertiary/aromatic N) is 4. The lowest BCUT2D eigenvalue weighted by Gasteiger charge is -2.03. The number of hydrogen-bond acceptors (Lipinski definition) is 6. The smallest absolute Gasteiger partial charge is 0.233 e. The van der Waals surface area contributed by atoms with E-state index in [4.69, 9.17) is 23.2 Å². The van der Waals surface area contributed by atoms with Gasteiger partial charge in [-0.25, -0.2) is 4.68 Å². The molecule has 0 aliphatic heterocycles. The van der Waals surface area contributed by atoms with E-state index in [-0.39, 0.29) is 16.5 Å². The molecule has 0 aliphatic rings. The molecule has 26 heavy (non-hydrogen) atoms. The zero-order chi connectivity index (χ0) is 18.7. The van der Waals surface area contributed by atoms with Gasteiger partial charge in [0, 0.05) is 11.9 Å². The number of benzene rings is 2. The predicted molar refractivity (Wildman–Crippen MR) is 103 cm³/mol. The maximum atomic E-state index is 11.7. The first kappa shape index (κ1) is 18.3. The summed E-state index contributed by atoms with van der Waals surface area (Å²) in [7, 11) is 0. The Morgan fingerprint density at radius 1 is 1.23 bits per heavy atom. The van der Waals surface area contributed by atoms with Crippen LogP contribution in [0.15, 0.2) is 52.7 Å². The summed E-state index contributed by atoms with van der Waals surface area (Å²) in [5.74, 6) is -0.0133. The normalized spacial score (nSPS) is 12.0. The summed E-state index contributed by atoms with van der Waals surface area (Å²) in [6.45, 7) is 1.43. The van der Waals surface area contributed by atoms with Crippen LogP contribution in [0.3, 0.4) is 0 Å². The van der Waals surface area contributed by atoms with E-state index in [9.17, 15) is 9.90 Å². The highest BCUT2D eigenvalue weighted by Crippen LogP contribution is 2.23. The number of carbonyl (C=O) groups excluding carboxylic acids is 1. The van der Waals surface area contributed by atoms with Crippen LogP contribution in [0.5, 0.6) is 5.75 Å². The van der Waals surface area contributed by atoms with Crippen LogP contribution in [-0.4, -0.2) is 26.9 Å². The Balaban J connectivity index is 2.05. The van der Waals surface area contributed by atoms with Crippen molar-refractivity contribution in [3.05, 3.63) is 67.9 Å². The Hall–Kier alpha value is -2.48. The predicted octanol–water partition coefficient (Wildman–Crippen LogP) is 4.08. The molecule has 0 saturated heterocycles. The second-order valence-corrected chi connectivity index (χ2v) is 6.99. The molecule has 9 heteroatoms. The third-order valence-electron chi connectivity index (χ3n) is 3.24. The van der Waals surface area contributed by atoms with E-state index in [2.05, 4.69) is 15.3 Å². The number of halogens is 2. The van der Waals surface area contributed by atoms with Crippen LogP contribution in [0.1, 0.15) is 22.3 Å². The topological polar surface area (TPSA) is 79.8 Å². The molecule has 132 valence electrons. The van der Waals surface area contributed by atoms with Gasteiger partial charge in [-0.2, -0.15) is 10.2 Å². The van der Waals surface area contributed by atoms with Crippen molar-refractivity contribution in [2.24, 2.45) is 10.2 Å². The number of phenols is 1. The summed E-state index contributed by atoms with van der Waals surface area (Å²) in [6, 6.07) is 11.5. The Kier molecular flexibility index (Phi) is 5.51. The van der Waals surface area contributed by atoms with Gasteiger partial charge in [0.2, 0.25) is 4.80 Å². The Labute approximate surface area is 162 Å². The van der Waals surface area contributed by atoms with E-state index in [1.54, 1.807) is 42.5 Å². The Morgan fingerprint density at radius 3 is 2.62 bits per heavy atom. The van der Waals surface area contributed by atoms with Crippen LogP contribution in [-0.2, 0) is 0 Å². The van der Waals surface area contributed by atoms with Crippen molar-refractivity contribution in [3.8, 4) is 11.4 Å². The first-order valence-corrected chi connectivity index (χ1v) is 8.94. The molecule has 0 spiro atoms. The van der Waals surface area contributed by atoms with Gasteiger partial charge in [0.25, 0.3) is 0 Å². The average Bonchev–Trinajstić information content (AvgIpc) is 3.01. The first-order valence-electron chi connectivity index (χ1n) is 7.36.